The maximum Gasteiger partial charge on any atom is 0.227 e. The molecule has 1 heterocycles. The van der Waals surface area contributed by atoms with E-state index in [9.17, 15) is 0 Å². The van der Waals surface area contributed by atoms with Gasteiger partial charge in [0.05, 0.1) is 6.07 Å². The predicted octanol–water partition coefficient (Wildman–Crippen LogP) is 1.76. The molecular formula is C10H11ClN6. The number of nitriles is 2. The number of hydrogen-bond acceptors (Lipinski definition) is 6. The molecule has 17 heavy (non-hydrogen) atoms. The molecule has 2 N–H and O–H groups in total. The number of nitrogens with zero attached hydrogens (tertiary/aromatic N) is 4. The molecule has 6 nitrogen and oxygen atoms in total. The van der Waals surface area contributed by atoms with Gasteiger partial charge in [-0.3, -0.25) is 0 Å². The Balaban J connectivity index is 3.19. The summed E-state index contributed by atoms with van der Waals surface area (Å²) in [6.45, 7) is 3.36. The van der Waals surface area contributed by atoms with Gasteiger partial charge in [0.2, 0.25) is 5.95 Å². The summed E-state index contributed by atoms with van der Waals surface area (Å²) in [5.74, 6) is 0.522. The first-order valence-corrected chi connectivity index (χ1v) is 5.16. The Kier molecular flexibility index (Phi) is 3.72. The van der Waals surface area contributed by atoms with Crippen molar-refractivity contribution in [3.8, 4) is 12.1 Å². The van der Waals surface area contributed by atoms with Crippen LogP contribution < -0.4 is 10.6 Å². The third-order valence-electron chi connectivity index (χ3n) is 1.92. The lowest BCUT2D eigenvalue weighted by molar-refractivity contribution is 0.717. The Bertz CT molecular complexity index is 511. The first-order valence-electron chi connectivity index (χ1n) is 4.78. The minimum absolute atomic E-state index is 0.0445. The maximum atomic E-state index is 8.88. The van der Waals surface area contributed by atoms with E-state index in [0.29, 0.717) is 5.82 Å². The molecule has 0 unspecified atom stereocenters. The molecule has 1 aromatic heterocycles. The number of aromatic nitrogens is 2. The van der Waals surface area contributed by atoms with Gasteiger partial charge in [-0.15, -0.1) is 0 Å². The molecule has 1 aromatic rings. The topological polar surface area (TPSA) is 97.4 Å². The molecule has 0 fully saturated rings. The number of halogens is 1. The molecule has 88 valence electrons. The Morgan fingerprint density at radius 1 is 1.29 bits per heavy atom. The number of nitrogens with one attached hydrogen (secondary N) is 2. The van der Waals surface area contributed by atoms with Gasteiger partial charge in [0.15, 0.2) is 11.0 Å². The third-order valence-corrected chi connectivity index (χ3v) is 2.19. The standard InChI is InChI=1S/C10H11ClN6/c1-10(2,5-13)17-9-15-7(11)6(4-12)8(14-3)16-9/h1-3H3,(H2,14,15,16,17). The highest BCUT2D eigenvalue weighted by molar-refractivity contribution is 6.31. The van der Waals surface area contributed by atoms with Crippen LogP contribution in [-0.2, 0) is 0 Å². The molecule has 0 aliphatic rings. The van der Waals surface area contributed by atoms with E-state index in [1.54, 1.807) is 20.9 Å². The quantitative estimate of drug-likeness (QED) is 0.794. The molecule has 0 atom stereocenters. The molecule has 1 rings (SSSR count). The fourth-order valence-electron chi connectivity index (χ4n) is 1.08. The lowest BCUT2D eigenvalue weighted by atomic mass is 10.1. The monoisotopic (exact) mass is 250 g/mol. The van der Waals surface area contributed by atoms with Crippen LogP contribution in [0.15, 0.2) is 0 Å². The molecule has 0 aliphatic heterocycles. The normalized spacial score (nSPS) is 10.2. The molecule has 0 saturated heterocycles. The minimum Gasteiger partial charge on any atom is -0.372 e. The average Bonchev–Trinajstić information content (AvgIpc) is 2.27. The molecule has 0 amide bonds. The largest absolute Gasteiger partial charge is 0.372 e. The molecule has 0 radical (unpaired) electrons. The zero-order valence-corrected chi connectivity index (χ0v) is 10.4. The van der Waals surface area contributed by atoms with Crippen molar-refractivity contribution < 1.29 is 0 Å². The van der Waals surface area contributed by atoms with Crippen LogP contribution in [0.3, 0.4) is 0 Å². The summed E-state index contributed by atoms with van der Waals surface area (Å²) in [5.41, 5.74) is -0.642. The van der Waals surface area contributed by atoms with Gasteiger partial charge in [-0.1, -0.05) is 11.6 Å². The van der Waals surface area contributed by atoms with Crippen LogP contribution in [-0.4, -0.2) is 22.6 Å². The molecule has 0 aliphatic carbocycles. The predicted molar refractivity (Wildman–Crippen MR) is 64.6 cm³/mol. The first-order chi connectivity index (χ1) is 7.93. The van der Waals surface area contributed by atoms with Gasteiger partial charge < -0.3 is 10.6 Å². The second-order valence-corrected chi connectivity index (χ2v) is 4.14. The highest BCUT2D eigenvalue weighted by Crippen LogP contribution is 2.22. The summed E-state index contributed by atoms with van der Waals surface area (Å²) in [5, 5.41) is 23.4. The van der Waals surface area contributed by atoms with Crippen molar-refractivity contribution in [3.63, 3.8) is 0 Å². The van der Waals surface area contributed by atoms with E-state index in [1.807, 2.05) is 6.07 Å². The van der Waals surface area contributed by atoms with Crippen LogP contribution in [0.2, 0.25) is 5.15 Å². The molecule has 7 heteroatoms. The summed E-state index contributed by atoms with van der Waals surface area (Å²) >= 11 is 5.85. The van der Waals surface area contributed by atoms with E-state index in [-0.39, 0.29) is 16.7 Å². The highest BCUT2D eigenvalue weighted by atomic mass is 35.5. The lowest BCUT2D eigenvalue weighted by Gasteiger charge is -2.18. The number of rotatable bonds is 3. The smallest absolute Gasteiger partial charge is 0.227 e. The van der Waals surface area contributed by atoms with Gasteiger partial charge >= 0.3 is 0 Å². The second-order valence-electron chi connectivity index (χ2n) is 3.79. The van der Waals surface area contributed by atoms with Crippen molar-refractivity contribution in [2.75, 3.05) is 17.7 Å². The minimum atomic E-state index is -0.817. The van der Waals surface area contributed by atoms with E-state index < -0.39 is 5.54 Å². The van der Waals surface area contributed by atoms with E-state index >= 15 is 0 Å². The fraction of sp³-hybridized carbons (Fsp3) is 0.400. The first kappa shape index (κ1) is 13.0. The molecule has 0 saturated carbocycles. The SMILES string of the molecule is CNc1nc(NC(C)(C)C#N)nc(Cl)c1C#N. The molecular weight excluding hydrogens is 240 g/mol. The van der Waals surface area contributed by atoms with Gasteiger partial charge in [-0.05, 0) is 13.8 Å². The summed E-state index contributed by atoms with van der Waals surface area (Å²) in [6.07, 6.45) is 0. The fourth-order valence-corrected chi connectivity index (χ4v) is 1.29. The third kappa shape index (κ3) is 2.96. The van der Waals surface area contributed by atoms with Gasteiger partial charge in [-0.25, -0.2) is 0 Å². The Morgan fingerprint density at radius 2 is 1.94 bits per heavy atom. The van der Waals surface area contributed by atoms with E-state index in [2.05, 4.69) is 26.7 Å². The Labute approximate surface area is 104 Å². The maximum absolute atomic E-state index is 8.88. The molecule has 0 aromatic carbocycles. The van der Waals surface area contributed by atoms with Crippen LogP contribution in [0.4, 0.5) is 11.8 Å². The van der Waals surface area contributed by atoms with Gasteiger partial charge in [-0.2, -0.15) is 20.5 Å². The number of hydrogen-bond donors (Lipinski definition) is 2. The number of anilines is 2. The molecule has 0 bridgehead atoms. The van der Waals surface area contributed by atoms with Crippen LogP contribution in [0.5, 0.6) is 0 Å². The summed E-state index contributed by atoms with van der Waals surface area (Å²) in [6, 6.07) is 3.96. The van der Waals surface area contributed by atoms with Crippen LogP contribution in [0.1, 0.15) is 19.4 Å². The Hall–Kier alpha value is -2.05. The zero-order valence-electron chi connectivity index (χ0n) is 9.67. The van der Waals surface area contributed by atoms with Gasteiger partial charge in [0, 0.05) is 7.05 Å². The molecule has 0 spiro atoms. The Morgan fingerprint density at radius 3 is 2.41 bits per heavy atom. The summed E-state index contributed by atoms with van der Waals surface area (Å²) in [7, 11) is 1.62. The summed E-state index contributed by atoms with van der Waals surface area (Å²) in [4.78, 5) is 7.98. The van der Waals surface area contributed by atoms with Gasteiger partial charge in [0.25, 0.3) is 0 Å². The van der Waals surface area contributed by atoms with E-state index in [0.717, 1.165) is 0 Å². The van der Waals surface area contributed by atoms with Crippen molar-refractivity contribution in [2.45, 2.75) is 19.4 Å². The van der Waals surface area contributed by atoms with E-state index in [4.69, 9.17) is 22.1 Å². The van der Waals surface area contributed by atoms with E-state index in [1.165, 1.54) is 0 Å². The van der Waals surface area contributed by atoms with Gasteiger partial charge in [0.1, 0.15) is 17.2 Å². The van der Waals surface area contributed by atoms with Crippen molar-refractivity contribution in [3.05, 3.63) is 10.7 Å². The van der Waals surface area contributed by atoms with Crippen LogP contribution in [0.25, 0.3) is 0 Å². The van der Waals surface area contributed by atoms with Crippen molar-refractivity contribution >= 4 is 23.4 Å². The van der Waals surface area contributed by atoms with Crippen molar-refractivity contribution in [1.82, 2.24) is 9.97 Å². The van der Waals surface area contributed by atoms with Crippen molar-refractivity contribution in [1.29, 1.82) is 10.5 Å². The van der Waals surface area contributed by atoms with Crippen molar-refractivity contribution in [2.24, 2.45) is 0 Å². The second kappa shape index (κ2) is 4.86. The van der Waals surface area contributed by atoms with Crippen LogP contribution in [0, 0.1) is 22.7 Å². The lowest BCUT2D eigenvalue weighted by Crippen LogP contribution is -2.29. The van der Waals surface area contributed by atoms with Crippen LogP contribution >= 0.6 is 11.6 Å². The zero-order chi connectivity index (χ0) is 13.1. The highest BCUT2D eigenvalue weighted by Gasteiger charge is 2.19. The summed E-state index contributed by atoms with van der Waals surface area (Å²) < 4.78 is 0. The average molecular weight is 251 g/mol.